The van der Waals surface area contributed by atoms with Gasteiger partial charge in [0.25, 0.3) is 5.56 Å². The van der Waals surface area contributed by atoms with Crippen LogP contribution in [0.15, 0.2) is 95.8 Å². The molecule has 47 heavy (non-hydrogen) atoms. The molecule has 240 valence electrons. The number of aromatic amines is 1. The number of hydrogen-bond acceptors (Lipinski definition) is 5. The predicted molar refractivity (Wildman–Crippen MR) is 190 cm³/mol. The van der Waals surface area contributed by atoms with Crippen LogP contribution >= 0.6 is 0 Å². The van der Waals surface area contributed by atoms with Crippen molar-refractivity contribution in [3.05, 3.63) is 118 Å². The average molecular weight is 626 g/mol. The van der Waals surface area contributed by atoms with Gasteiger partial charge in [-0.25, -0.2) is 9.97 Å². The molecule has 0 bridgehead atoms. The van der Waals surface area contributed by atoms with Crippen LogP contribution in [0.1, 0.15) is 63.3 Å². The Bertz CT molecular complexity index is 2050. The number of ether oxygens (including phenoxy) is 1. The van der Waals surface area contributed by atoms with Crippen LogP contribution in [0.4, 0.5) is 0 Å². The maximum atomic E-state index is 13.1. The molecule has 1 aliphatic rings. The molecule has 7 rings (SSSR count). The van der Waals surface area contributed by atoms with E-state index in [-0.39, 0.29) is 11.0 Å². The number of aryl methyl sites for hydroxylation is 1. The lowest BCUT2D eigenvalue weighted by Gasteiger charge is -2.26. The first-order valence-electron chi connectivity index (χ1n) is 16.9. The molecular formula is C40H43N5O2. The molecule has 0 unspecified atom stereocenters. The predicted octanol–water partition coefficient (Wildman–Crippen LogP) is 8.50. The molecule has 3 heterocycles. The van der Waals surface area contributed by atoms with Crippen molar-refractivity contribution < 1.29 is 4.74 Å². The number of nitrogens with one attached hydrogen (secondary N) is 1. The minimum absolute atomic E-state index is 0.0856. The van der Waals surface area contributed by atoms with Crippen molar-refractivity contribution in [2.24, 2.45) is 0 Å². The van der Waals surface area contributed by atoms with Crippen molar-refractivity contribution >= 4 is 22.1 Å². The SMILES string of the molecule is CC(C)(C)c1ccc(Oc2cccc(-c3nc4cc5[nH]c(=O)c(Cc6ccccc6)nc5cc4n3CCCN3CCCCC3)c2)cc1. The molecule has 1 N–H and O–H groups in total. The van der Waals surface area contributed by atoms with Crippen molar-refractivity contribution in [3.63, 3.8) is 0 Å². The Morgan fingerprint density at radius 1 is 0.787 bits per heavy atom. The Labute approximate surface area is 276 Å². The highest BCUT2D eigenvalue weighted by Gasteiger charge is 2.18. The Morgan fingerprint density at radius 3 is 2.34 bits per heavy atom. The van der Waals surface area contributed by atoms with Crippen molar-refractivity contribution in [1.82, 2.24) is 24.4 Å². The number of H-pyrrole nitrogens is 1. The van der Waals surface area contributed by atoms with Gasteiger partial charge in [-0.1, -0.05) is 81.8 Å². The lowest BCUT2D eigenvalue weighted by molar-refractivity contribution is 0.223. The summed E-state index contributed by atoms with van der Waals surface area (Å²) in [5.41, 5.74) is 7.06. The van der Waals surface area contributed by atoms with Crippen LogP contribution in [-0.2, 0) is 18.4 Å². The van der Waals surface area contributed by atoms with Gasteiger partial charge < -0.3 is 19.2 Å². The van der Waals surface area contributed by atoms with Gasteiger partial charge in [0.05, 0.1) is 22.1 Å². The minimum atomic E-state index is -0.165. The Kier molecular flexibility index (Phi) is 8.65. The quantitative estimate of drug-likeness (QED) is 0.174. The molecule has 0 aliphatic carbocycles. The van der Waals surface area contributed by atoms with Crippen molar-refractivity contribution in [3.8, 4) is 22.9 Å². The monoisotopic (exact) mass is 625 g/mol. The fraction of sp³-hybridized carbons (Fsp3) is 0.325. The highest BCUT2D eigenvalue weighted by molar-refractivity contribution is 5.93. The van der Waals surface area contributed by atoms with Gasteiger partial charge in [-0.05, 0) is 91.8 Å². The topological polar surface area (TPSA) is 76.0 Å². The van der Waals surface area contributed by atoms with Crippen LogP contribution < -0.4 is 10.3 Å². The maximum Gasteiger partial charge on any atom is 0.270 e. The lowest BCUT2D eigenvalue weighted by Crippen LogP contribution is -2.31. The molecular weight excluding hydrogens is 582 g/mol. The first-order valence-corrected chi connectivity index (χ1v) is 16.9. The summed E-state index contributed by atoms with van der Waals surface area (Å²) in [6.45, 7) is 10.9. The van der Waals surface area contributed by atoms with Gasteiger partial charge in [0.15, 0.2) is 0 Å². The summed E-state index contributed by atoms with van der Waals surface area (Å²) < 4.78 is 8.65. The molecule has 7 heteroatoms. The van der Waals surface area contributed by atoms with E-state index in [4.69, 9.17) is 14.7 Å². The van der Waals surface area contributed by atoms with Crippen molar-refractivity contribution in [2.45, 2.75) is 64.8 Å². The summed E-state index contributed by atoms with van der Waals surface area (Å²) in [5.74, 6) is 2.45. The number of rotatable bonds is 9. The molecule has 7 nitrogen and oxygen atoms in total. The zero-order chi connectivity index (χ0) is 32.4. The number of fused-ring (bicyclic) bond motifs is 2. The van der Waals surface area contributed by atoms with Gasteiger partial charge in [0.2, 0.25) is 0 Å². The number of aromatic nitrogens is 4. The van der Waals surface area contributed by atoms with Gasteiger partial charge in [-0.3, -0.25) is 4.79 Å². The fourth-order valence-electron chi connectivity index (χ4n) is 6.59. The fourth-order valence-corrected chi connectivity index (χ4v) is 6.59. The number of nitrogens with zero attached hydrogens (tertiary/aromatic N) is 4. The maximum absolute atomic E-state index is 13.1. The van der Waals surface area contributed by atoms with E-state index in [1.165, 1.54) is 37.9 Å². The van der Waals surface area contributed by atoms with E-state index in [2.05, 4.69) is 65.6 Å². The van der Waals surface area contributed by atoms with Crippen LogP contribution in [0.2, 0.25) is 0 Å². The second-order valence-corrected chi connectivity index (χ2v) is 13.8. The van der Waals surface area contributed by atoms with E-state index in [1.54, 1.807) is 0 Å². The molecule has 0 amide bonds. The smallest absolute Gasteiger partial charge is 0.270 e. The lowest BCUT2D eigenvalue weighted by atomic mass is 9.87. The Balaban J connectivity index is 1.24. The van der Waals surface area contributed by atoms with Crippen LogP contribution in [0.5, 0.6) is 11.5 Å². The molecule has 0 spiro atoms. The third-order valence-corrected chi connectivity index (χ3v) is 9.20. The minimum Gasteiger partial charge on any atom is -0.457 e. The van der Waals surface area contributed by atoms with Gasteiger partial charge in [0, 0.05) is 18.5 Å². The van der Waals surface area contributed by atoms with Gasteiger partial charge >= 0.3 is 0 Å². The summed E-state index contributed by atoms with van der Waals surface area (Å²) >= 11 is 0. The van der Waals surface area contributed by atoms with E-state index in [1.807, 2.05) is 60.7 Å². The van der Waals surface area contributed by atoms with Crippen molar-refractivity contribution in [1.29, 1.82) is 0 Å². The first-order chi connectivity index (χ1) is 22.8. The van der Waals surface area contributed by atoms with Crippen molar-refractivity contribution in [2.75, 3.05) is 19.6 Å². The first kappa shape index (κ1) is 30.9. The molecule has 1 fully saturated rings. The molecule has 1 aliphatic heterocycles. The zero-order valence-electron chi connectivity index (χ0n) is 27.6. The number of likely N-dealkylation sites (tertiary alicyclic amines) is 1. The standard InChI is InChI=1S/C40H43N5O2/c1-40(2,3)30-16-18-31(19-17-30)47-32-15-10-14-29(25-32)38-42-35-26-33-34(41-36(39(46)43-33)24-28-12-6-4-7-13-28)27-37(35)45(38)23-11-22-44-20-8-5-9-21-44/h4,6-7,10,12-19,25-27H,5,8-9,11,20-24H2,1-3H3,(H,43,46). The third kappa shape index (κ3) is 7.00. The second kappa shape index (κ2) is 13.2. The third-order valence-electron chi connectivity index (χ3n) is 9.20. The van der Waals surface area contributed by atoms with E-state index >= 15 is 0 Å². The van der Waals surface area contributed by atoms with E-state index in [9.17, 15) is 4.79 Å². The number of benzene rings is 4. The van der Waals surface area contributed by atoms with Crippen LogP contribution in [0.3, 0.4) is 0 Å². The molecule has 4 aromatic carbocycles. The van der Waals surface area contributed by atoms with E-state index < -0.39 is 0 Å². The van der Waals surface area contributed by atoms with Gasteiger partial charge in [-0.15, -0.1) is 0 Å². The molecule has 0 radical (unpaired) electrons. The van der Waals surface area contributed by atoms with E-state index in [0.717, 1.165) is 64.5 Å². The summed E-state index contributed by atoms with van der Waals surface area (Å²) in [6.07, 6.45) is 5.40. The number of hydrogen-bond donors (Lipinski definition) is 1. The van der Waals surface area contributed by atoms with Crippen LogP contribution in [-0.4, -0.2) is 44.1 Å². The largest absolute Gasteiger partial charge is 0.457 e. The molecule has 0 atom stereocenters. The normalized spacial score (nSPS) is 14.2. The summed E-state index contributed by atoms with van der Waals surface area (Å²) in [6, 6.07) is 30.6. The van der Waals surface area contributed by atoms with Crippen LogP contribution in [0.25, 0.3) is 33.5 Å². The highest BCUT2D eigenvalue weighted by atomic mass is 16.5. The van der Waals surface area contributed by atoms with Gasteiger partial charge in [-0.2, -0.15) is 0 Å². The summed E-state index contributed by atoms with van der Waals surface area (Å²) in [7, 11) is 0. The molecule has 6 aromatic rings. The van der Waals surface area contributed by atoms with E-state index in [0.29, 0.717) is 17.6 Å². The molecule has 1 saturated heterocycles. The zero-order valence-corrected chi connectivity index (χ0v) is 27.6. The summed E-state index contributed by atoms with van der Waals surface area (Å²) in [4.78, 5) is 28.7. The Morgan fingerprint density at radius 2 is 1.57 bits per heavy atom. The van der Waals surface area contributed by atoms with Gasteiger partial charge in [0.1, 0.15) is 23.0 Å². The number of piperidine rings is 1. The average Bonchev–Trinajstić information content (AvgIpc) is 3.42. The Hall–Kier alpha value is -4.75. The highest BCUT2D eigenvalue weighted by Crippen LogP contribution is 2.32. The second-order valence-electron chi connectivity index (χ2n) is 13.8. The summed E-state index contributed by atoms with van der Waals surface area (Å²) in [5, 5.41) is 0. The number of imidazole rings is 1. The molecule has 0 saturated carbocycles. The molecule has 2 aromatic heterocycles. The van der Waals surface area contributed by atoms with Crippen LogP contribution in [0, 0.1) is 0 Å².